The lowest BCUT2D eigenvalue weighted by molar-refractivity contribution is 0.0692. The largest absolute Gasteiger partial charge is 0.476 e. The average molecular weight is 288 g/mol. The summed E-state index contributed by atoms with van der Waals surface area (Å²) < 4.78 is 0. The lowest BCUT2D eigenvalue weighted by Gasteiger charge is -2.06. The van der Waals surface area contributed by atoms with Crippen molar-refractivity contribution in [1.82, 2.24) is 9.97 Å². The second kappa shape index (κ2) is 3.79. The normalized spacial score (nSPS) is 24.0. The van der Waals surface area contributed by atoms with Gasteiger partial charge in [-0.3, -0.25) is 0 Å². The number of rotatable bonds is 3. The third-order valence-electron chi connectivity index (χ3n) is 4.52. The molecule has 4 nitrogen and oxygen atoms in total. The van der Waals surface area contributed by atoms with Crippen molar-refractivity contribution in [3.8, 4) is 0 Å². The number of hydrogen-bond donors (Lipinski definition) is 1. The molecule has 1 N–H and O–H groups in total. The fourth-order valence-corrected chi connectivity index (χ4v) is 3.92. The molecule has 2 aliphatic carbocycles. The van der Waals surface area contributed by atoms with E-state index in [2.05, 4.69) is 29.2 Å². The van der Waals surface area contributed by atoms with Gasteiger partial charge in [-0.25, -0.2) is 14.8 Å². The summed E-state index contributed by atoms with van der Waals surface area (Å²) in [4.78, 5) is 21.5. The van der Waals surface area contributed by atoms with Gasteiger partial charge in [0.05, 0.1) is 0 Å². The molecule has 0 spiro atoms. The fraction of sp³-hybridized carbons (Fsp3) is 0.533. The zero-order chi connectivity index (χ0) is 14.1. The van der Waals surface area contributed by atoms with E-state index >= 15 is 0 Å². The van der Waals surface area contributed by atoms with Crippen molar-refractivity contribution in [2.75, 3.05) is 0 Å². The van der Waals surface area contributed by atoms with Gasteiger partial charge in [0.1, 0.15) is 10.7 Å². The van der Waals surface area contributed by atoms with E-state index in [4.69, 9.17) is 0 Å². The molecule has 2 fully saturated rings. The minimum absolute atomic E-state index is 0.204. The van der Waals surface area contributed by atoms with Gasteiger partial charge < -0.3 is 5.11 Å². The van der Waals surface area contributed by atoms with Gasteiger partial charge in [0.15, 0.2) is 5.69 Å². The fourth-order valence-electron chi connectivity index (χ4n) is 2.89. The van der Waals surface area contributed by atoms with Gasteiger partial charge in [-0.05, 0) is 41.5 Å². The Morgan fingerprint density at radius 3 is 2.65 bits per heavy atom. The zero-order valence-corrected chi connectivity index (χ0v) is 12.3. The number of hydrogen-bond acceptors (Lipinski definition) is 4. The summed E-state index contributed by atoms with van der Waals surface area (Å²) in [5.74, 6) is 0.603. The van der Waals surface area contributed by atoms with E-state index < -0.39 is 5.97 Å². The van der Waals surface area contributed by atoms with Crippen LogP contribution in [0.3, 0.4) is 0 Å². The third-order valence-corrected chi connectivity index (χ3v) is 5.41. The first-order valence-electron chi connectivity index (χ1n) is 6.99. The number of aromatic carboxylic acids is 1. The molecule has 0 amide bonds. The molecule has 1 unspecified atom stereocenters. The molecule has 0 aliphatic heterocycles. The molecule has 5 heteroatoms. The Hall–Kier alpha value is -1.49. The SMILES string of the molecule is CC1(C)CC1c1nc(C(=O)O)c2c(C3CC3)csc2n1. The molecule has 2 heterocycles. The average Bonchev–Trinajstić information content (AvgIpc) is 3.28. The summed E-state index contributed by atoms with van der Waals surface area (Å²) in [6, 6.07) is 0. The summed E-state index contributed by atoms with van der Waals surface area (Å²) in [6.45, 7) is 4.35. The van der Waals surface area contributed by atoms with Crippen LogP contribution in [0, 0.1) is 5.41 Å². The van der Waals surface area contributed by atoms with E-state index in [1.165, 1.54) is 0 Å². The smallest absolute Gasteiger partial charge is 0.355 e. The molecule has 1 atom stereocenters. The summed E-state index contributed by atoms with van der Waals surface area (Å²) in [6.07, 6.45) is 3.35. The molecule has 4 rings (SSSR count). The molecular formula is C15H16N2O2S. The maximum absolute atomic E-state index is 11.6. The van der Waals surface area contributed by atoms with Crippen molar-refractivity contribution in [1.29, 1.82) is 0 Å². The Bertz CT molecular complexity index is 731. The van der Waals surface area contributed by atoms with Crippen LogP contribution in [0.4, 0.5) is 0 Å². The quantitative estimate of drug-likeness (QED) is 0.933. The van der Waals surface area contributed by atoms with Crippen LogP contribution in [0.2, 0.25) is 0 Å². The zero-order valence-electron chi connectivity index (χ0n) is 11.5. The number of carboxylic acid groups (broad SMARTS) is 1. The minimum Gasteiger partial charge on any atom is -0.476 e. The maximum atomic E-state index is 11.6. The molecule has 2 aromatic heterocycles. The topological polar surface area (TPSA) is 63.1 Å². The van der Waals surface area contributed by atoms with Gasteiger partial charge in [-0.1, -0.05) is 13.8 Å². The van der Waals surface area contributed by atoms with Crippen molar-refractivity contribution < 1.29 is 9.90 Å². The van der Waals surface area contributed by atoms with Crippen molar-refractivity contribution in [2.24, 2.45) is 5.41 Å². The summed E-state index contributed by atoms with van der Waals surface area (Å²) in [7, 11) is 0. The standard InChI is InChI=1S/C15H16N2O2S/c1-15(2)5-9(15)12-16-11(14(18)19)10-8(7-3-4-7)6-20-13(10)17-12/h6-7,9H,3-5H2,1-2H3,(H,18,19). The highest BCUT2D eigenvalue weighted by Crippen LogP contribution is 2.58. The van der Waals surface area contributed by atoms with E-state index in [1.54, 1.807) is 11.3 Å². The summed E-state index contributed by atoms with van der Waals surface area (Å²) in [5, 5.41) is 12.4. The highest BCUT2D eigenvalue weighted by Gasteiger charge is 2.49. The Balaban J connectivity index is 1.91. The predicted molar refractivity (Wildman–Crippen MR) is 77.5 cm³/mol. The first-order valence-corrected chi connectivity index (χ1v) is 7.87. The number of carbonyl (C=O) groups is 1. The van der Waals surface area contributed by atoms with Crippen LogP contribution >= 0.6 is 11.3 Å². The van der Waals surface area contributed by atoms with Crippen LogP contribution in [-0.2, 0) is 0 Å². The van der Waals surface area contributed by atoms with Gasteiger partial charge in [-0.2, -0.15) is 0 Å². The number of carboxylic acids is 1. The highest BCUT2D eigenvalue weighted by atomic mass is 32.1. The van der Waals surface area contributed by atoms with Crippen LogP contribution in [0.1, 0.15) is 66.8 Å². The lowest BCUT2D eigenvalue weighted by atomic mass is 10.1. The monoisotopic (exact) mass is 288 g/mol. The third kappa shape index (κ3) is 1.76. The Kier molecular flexibility index (Phi) is 2.32. The molecule has 2 aliphatic rings. The van der Waals surface area contributed by atoms with Crippen LogP contribution in [0.25, 0.3) is 10.2 Å². The van der Waals surface area contributed by atoms with Gasteiger partial charge >= 0.3 is 5.97 Å². The molecular weight excluding hydrogens is 272 g/mol. The second-order valence-corrected chi connectivity index (χ2v) is 7.48. The van der Waals surface area contributed by atoms with Crippen LogP contribution in [0.5, 0.6) is 0 Å². The van der Waals surface area contributed by atoms with Crippen molar-refractivity contribution in [3.05, 3.63) is 22.5 Å². The first-order chi connectivity index (χ1) is 9.47. The van der Waals surface area contributed by atoms with Gasteiger partial charge in [-0.15, -0.1) is 11.3 Å². The molecule has 2 saturated carbocycles. The minimum atomic E-state index is -0.933. The number of nitrogens with zero attached hydrogens (tertiary/aromatic N) is 2. The van der Waals surface area contributed by atoms with E-state index in [1.807, 2.05) is 0 Å². The number of thiophene rings is 1. The first kappa shape index (κ1) is 12.3. The molecule has 0 bridgehead atoms. The molecule has 0 saturated heterocycles. The highest BCUT2D eigenvalue weighted by molar-refractivity contribution is 7.17. The van der Waals surface area contributed by atoms with Gasteiger partial charge in [0, 0.05) is 11.3 Å². The van der Waals surface area contributed by atoms with E-state index in [0.29, 0.717) is 17.7 Å². The number of aromatic nitrogens is 2. The van der Waals surface area contributed by atoms with Gasteiger partial charge in [0.2, 0.25) is 0 Å². The summed E-state index contributed by atoms with van der Waals surface area (Å²) >= 11 is 1.56. The molecule has 0 aromatic carbocycles. The van der Waals surface area contributed by atoms with Crippen molar-refractivity contribution in [2.45, 2.75) is 44.9 Å². The van der Waals surface area contributed by atoms with E-state index in [9.17, 15) is 9.90 Å². The predicted octanol–water partition coefficient (Wildman–Crippen LogP) is 3.78. The van der Waals surface area contributed by atoms with Crippen LogP contribution in [-0.4, -0.2) is 21.0 Å². The van der Waals surface area contributed by atoms with E-state index in [0.717, 1.165) is 35.0 Å². The summed E-state index contributed by atoms with van der Waals surface area (Å²) in [5.41, 5.74) is 1.56. The maximum Gasteiger partial charge on any atom is 0.355 e. The molecule has 0 radical (unpaired) electrons. The molecule has 104 valence electrons. The van der Waals surface area contributed by atoms with Crippen molar-refractivity contribution in [3.63, 3.8) is 0 Å². The molecule has 2 aromatic rings. The molecule has 20 heavy (non-hydrogen) atoms. The van der Waals surface area contributed by atoms with E-state index in [-0.39, 0.29) is 11.1 Å². The Labute approximate surface area is 120 Å². The van der Waals surface area contributed by atoms with Crippen LogP contribution < -0.4 is 0 Å². The Morgan fingerprint density at radius 1 is 1.40 bits per heavy atom. The Morgan fingerprint density at radius 2 is 2.10 bits per heavy atom. The lowest BCUT2D eigenvalue weighted by Crippen LogP contribution is -2.07. The van der Waals surface area contributed by atoms with Gasteiger partial charge in [0.25, 0.3) is 0 Å². The number of fused-ring (bicyclic) bond motifs is 1. The van der Waals surface area contributed by atoms with Crippen molar-refractivity contribution >= 4 is 27.5 Å². The second-order valence-electron chi connectivity index (χ2n) is 6.63. The van der Waals surface area contributed by atoms with Crippen LogP contribution in [0.15, 0.2) is 5.38 Å².